The van der Waals surface area contributed by atoms with Crippen molar-refractivity contribution in [2.45, 2.75) is 33.5 Å². The van der Waals surface area contributed by atoms with E-state index in [1.807, 2.05) is 25.3 Å². The molecule has 0 radical (unpaired) electrons. The van der Waals surface area contributed by atoms with Crippen LogP contribution < -0.4 is 52.3 Å². The van der Waals surface area contributed by atoms with Gasteiger partial charge >= 0.3 is 23.6 Å². The number of anilines is 4. The van der Waals surface area contributed by atoms with Crippen molar-refractivity contribution in [2.24, 2.45) is 0 Å². The first-order valence-corrected chi connectivity index (χ1v) is 23.4. The standard InChI is InChI=1S/C46H56N12O10S/c1-32-25-36(51-53-43(62)45(64)57-15-19-66-20-16-57)7-9-38(32)49-40(59)29-55-13-3-5-34(27-55)31-68-48-12-24-69-23-11-47-42(61)35-6-4-14-56(28-35)30-41(60)50-39-10-8-37(26-33(39)2)52-54-44(63)46(65)58-17-21-67-22-18-58/h3-10,13-14,25-28,48H,11-12,15-24,29-31H2,1-2H3,(H5-2,47,49,50,51,52,53,54,59,60,61,62,63,64,65)/p+2. The fourth-order valence-corrected chi connectivity index (χ4v) is 7.61. The van der Waals surface area contributed by atoms with Crippen molar-refractivity contribution in [1.82, 2.24) is 31.4 Å². The Bertz CT molecular complexity index is 2470. The lowest BCUT2D eigenvalue weighted by Crippen LogP contribution is -2.49. The number of hydrogen-bond acceptors (Lipinski definition) is 14. The maximum atomic E-state index is 12.9. The lowest BCUT2D eigenvalue weighted by atomic mass is 10.2. The van der Waals surface area contributed by atoms with Crippen molar-refractivity contribution >= 4 is 75.9 Å². The zero-order valence-corrected chi connectivity index (χ0v) is 39.3. The number of thioether (sulfide) groups is 1. The van der Waals surface area contributed by atoms with Crippen LogP contribution in [0.4, 0.5) is 22.7 Å². The number of ether oxygens (including phenoxy) is 2. The molecule has 0 spiro atoms. The minimum atomic E-state index is -0.784. The average molecular weight is 971 g/mol. The Morgan fingerprint density at radius 2 is 1.16 bits per heavy atom. The third kappa shape index (κ3) is 16.5. The first-order chi connectivity index (χ1) is 33.4. The summed E-state index contributed by atoms with van der Waals surface area (Å²) >= 11 is 1.64. The number of hydrazine groups is 2. The average Bonchev–Trinajstić information content (AvgIpc) is 3.36. The van der Waals surface area contributed by atoms with Crippen molar-refractivity contribution in [2.75, 3.05) is 98.7 Å². The molecule has 0 aliphatic carbocycles. The molecule has 22 nitrogen and oxygen atoms in total. The van der Waals surface area contributed by atoms with E-state index in [0.717, 1.165) is 22.4 Å². The highest BCUT2D eigenvalue weighted by Crippen LogP contribution is 2.20. The molecular weight excluding hydrogens is 913 g/mol. The predicted molar refractivity (Wildman–Crippen MR) is 254 cm³/mol. The van der Waals surface area contributed by atoms with Crippen LogP contribution >= 0.6 is 11.8 Å². The maximum Gasteiger partial charge on any atom is 0.327 e. The molecule has 2 aliphatic rings. The Kier molecular flexibility index (Phi) is 19.6. The van der Waals surface area contributed by atoms with Crippen LogP contribution in [0.5, 0.6) is 0 Å². The van der Waals surface area contributed by atoms with E-state index in [4.69, 9.17) is 14.3 Å². The zero-order valence-electron chi connectivity index (χ0n) is 38.5. The van der Waals surface area contributed by atoms with Crippen LogP contribution in [0.1, 0.15) is 27.0 Å². The van der Waals surface area contributed by atoms with Crippen LogP contribution in [0.3, 0.4) is 0 Å². The minimum absolute atomic E-state index is 0.0318. The Labute approximate surface area is 403 Å². The van der Waals surface area contributed by atoms with Gasteiger partial charge in [-0.1, -0.05) is 0 Å². The van der Waals surface area contributed by atoms with Gasteiger partial charge in [0, 0.05) is 79.8 Å². The first kappa shape index (κ1) is 51.2. The summed E-state index contributed by atoms with van der Waals surface area (Å²) in [5.74, 6) is -2.23. The number of carbonyl (C=O) groups excluding carboxylic acids is 7. The number of nitrogens with one attached hydrogen (secondary N) is 8. The molecular formula is C46H58N12O10S+2. The van der Waals surface area contributed by atoms with E-state index in [0.29, 0.717) is 99.8 Å². The van der Waals surface area contributed by atoms with Crippen molar-refractivity contribution < 1.29 is 57.0 Å². The second-order valence-electron chi connectivity index (χ2n) is 15.8. The van der Waals surface area contributed by atoms with Crippen LogP contribution in [0, 0.1) is 13.8 Å². The second-order valence-corrected chi connectivity index (χ2v) is 17.0. The number of aromatic nitrogens is 2. The van der Waals surface area contributed by atoms with Gasteiger partial charge in [0.1, 0.15) is 5.56 Å². The number of amides is 7. The topological polar surface area (TPSA) is 258 Å². The Balaban J connectivity index is 0.812. The van der Waals surface area contributed by atoms with Gasteiger partial charge in [0.2, 0.25) is 13.1 Å². The molecule has 2 aliphatic heterocycles. The van der Waals surface area contributed by atoms with Gasteiger partial charge in [-0.15, -0.1) is 0 Å². The smallest absolute Gasteiger partial charge is 0.327 e. The van der Waals surface area contributed by atoms with E-state index in [-0.39, 0.29) is 37.4 Å². The summed E-state index contributed by atoms with van der Waals surface area (Å²) in [6, 6.07) is 17.3. The van der Waals surface area contributed by atoms with Crippen LogP contribution in [0.25, 0.3) is 0 Å². The quantitative estimate of drug-likeness (QED) is 0.0250. The van der Waals surface area contributed by atoms with Gasteiger partial charge in [-0.3, -0.25) is 60.1 Å². The number of hydroxylamine groups is 1. The number of aryl methyl sites for hydroxylation is 2. The summed E-state index contributed by atoms with van der Waals surface area (Å²) in [4.78, 5) is 96.5. The fourth-order valence-electron chi connectivity index (χ4n) is 6.94. The van der Waals surface area contributed by atoms with Crippen LogP contribution in [-0.2, 0) is 62.8 Å². The number of carbonyl (C=O) groups is 7. The molecule has 0 saturated carbocycles. The fraction of sp³-hybridized carbons (Fsp3) is 0.370. The lowest BCUT2D eigenvalue weighted by molar-refractivity contribution is -0.684. The monoisotopic (exact) mass is 970 g/mol. The van der Waals surface area contributed by atoms with Crippen LogP contribution in [0.2, 0.25) is 0 Å². The third-order valence-corrected chi connectivity index (χ3v) is 11.5. The van der Waals surface area contributed by atoms with E-state index < -0.39 is 23.6 Å². The van der Waals surface area contributed by atoms with Crippen molar-refractivity contribution in [3.8, 4) is 0 Å². The second kappa shape index (κ2) is 26.4. The molecule has 0 atom stereocenters. The first-order valence-electron chi connectivity index (χ1n) is 22.3. The van der Waals surface area contributed by atoms with Gasteiger partial charge in [-0.25, -0.2) is 5.48 Å². The van der Waals surface area contributed by atoms with E-state index in [1.165, 1.54) is 9.80 Å². The number of rotatable bonds is 20. The van der Waals surface area contributed by atoms with Gasteiger partial charge in [-0.2, -0.15) is 20.9 Å². The SMILES string of the molecule is Cc1cc(NNC(=O)C(=O)N2CCOCC2)ccc1NC(=O)C[n+]1cccc(CONCCSCCNC(=O)c2ccc[n+](CC(=O)Nc3ccc(NNC(=O)C(=O)N4CCOCC4)cc3C)c2)c1. The molecule has 2 saturated heterocycles. The lowest BCUT2D eigenvalue weighted by Gasteiger charge is -2.26. The molecule has 366 valence electrons. The molecule has 8 N–H and O–H groups in total. The van der Waals surface area contributed by atoms with Gasteiger partial charge in [0.15, 0.2) is 24.8 Å². The molecule has 4 heterocycles. The largest absolute Gasteiger partial charge is 0.378 e. The van der Waals surface area contributed by atoms with E-state index in [9.17, 15) is 33.6 Å². The number of morpholine rings is 2. The van der Waals surface area contributed by atoms with Gasteiger partial charge in [0.05, 0.1) is 44.4 Å². The van der Waals surface area contributed by atoms with Crippen molar-refractivity contribution in [3.63, 3.8) is 0 Å². The zero-order chi connectivity index (χ0) is 49.0. The normalized spacial score (nSPS) is 13.4. The summed E-state index contributed by atoms with van der Waals surface area (Å²) in [6.07, 6.45) is 6.93. The van der Waals surface area contributed by atoms with E-state index in [1.54, 1.807) is 94.9 Å². The molecule has 4 aromatic rings. The molecule has 2 aromatic heterocycles. The summed E-state index contributed by atoms with van der Waals surface area (Å²) in [7, 11) is 0. The molecule has 23 heteroatoms. The van der Waals surface area contributed by atoms with Crippen molar-refractivity contribution in [1.29, 1.82) is 0 Å². The van der Waals surface area contributed by atoms with Gasteiger partial charge in [0.25, 0.3) is 17.7 Å². The third-order valence-electron chi connectivity index (χ3n) is 10.5. The van der Waals surface area contributed by atoms with Gasteiger partial charge in [-0.05, 0) is 73.5 Å². The Morgan fingerprint density at radius 1 is 0.652 bits per heavy atom. The molecule has 0 unspecified atom stereocenters. The van der Waals surface area contributed by atoms with Crippen molar-refractivity contribution in [3.05, 3.63) is 108 Å². The molecule has 0 bridgehead atoms. The highest BCUT2D eigenvalue weighted by atomic mass is 32.2. The van der Waals surface area contributed by atoms with Crippen LogP contribution in [-0.4, -0.2) is 128 Å². The number of pyridine rings is 2. The highest BCUT2D eigenvalue weighted by molar-refractivity contribution is 7.99. The minimum Gasteiger partial charge on any atom is -0.378 e. The van der Waals surface area contributed by atoms with E-state index >= 15 is 0 Å². The summed E-state index contributed by atoms with van der Waals surface area (Å²) in [6.45, 7) is 7.95. The Hall–Kier alpha value is -7.18. The van der Waals surface area contributed by atoms with E-state index in [2.05, 4.69) is 43.1 Å². The molecule has 69 heavy (non-hydrogen) atoms. The highest BCUT2D eigenvalue weighted by Gasteiger charge is 2.25. The van der Waals surface area contributed by atoms with Gasteiger partial charge < -0.3 is 35.2 Å². The number of hydrogen-bond donors (Lipinski definition) is 8. The summed E-state index contributed by atoms with van der Waals surface area (Å²) in [5, 5.41) is 8.69. The number of nitrogens with zero attached hydrogens (tertiary/aromatic N) is 4. The molecule has 2 fully saturated rings. The molecule has 6 rings (SSSR count). The Morgan fingerprint density at radius 3 is 1.70 bits per heavy atom. The predicted octanol–water partition coefficient (Wildman–Crippen LogP) is -0.0560. The summed E-state index contributed by atoms with van der Waals surface area (Å²) < 4.78 is 13.8. The molecule has 7 amide bonds. The summed E-state index contributed by atoms with van der Waals surface area (Å²) in [5.41, 5.74) is 18.3. The molecule has 2 aromatic carbocycles. The maximum absolute atomic E-state index is 12.9. The number of benzene rings is 2. The van der Waals surface area contributed by atoms with Crippen LogP contribution in [0.15, 0.2) is 85.5 Å².